The van der Waals surface area contributed by atoms with E-state index in [9.17, 15) is 31.7 Å². The molecule has 0 saturated carbocycles. The zero-order chi connectivity index (χ0) is 17.4. The van der Waals surface area contributed by atoms with E-state index in [1.54, 1.807) is 0 Å². The fraction of sp³-hybridized carbons (Fsp3) is 0.500. The molecule has 1 aromatic carbocycles. The van der Waals surface area contributed by atoms with E-state index in [1.165, 1.54) is 12.1 Å². The number of piperidine rings is 1. The highest BCUT2D eigenvalue weighted by Gasteiger charge is 2.51. The van der Waals surface area contributed by atoms with Gasteiger partial charge >= 0.3 is 6.18 Å². The van der Waals surface area contributed by atoms with Gasteiger partial charge < -0.3 is 5.73 Å². The summed E-state index contributed by atoms with van der Waals surface area (Å²) in [5, 5.41) is 11.0. The Bertz CT molecular complexity index is 708. The van der Waals surface area contributed by atoms with Gasteiger partial charge in [0, 0.05) is 18.7 Å². The number of para-hydroxylation sites is 1. The zero-order valence-corrected chi connectivity index (χ0v) is 12.5. The van der Waals surface area contributed by atoms with Crippen LogP contribution in [0.4, 0.5) is 18.9 Å². The Morgan fingerprint density at radius 2 is 1.87 bits per heavy atom. The normalized spacial score (nSPS) is 23.7. The van der Waals surface area contributed by atoms with Crippen LogP contribution in [0.2, 0.25) is 0 Å². The molecule has 0 amide bonds. The number of benzene rings is 1. The molecule has 0 aromatic heterocycles. The molecule has 128 valence electrons. The molecule has 11 heteroatoms. The number of alkyl halides is 3. The molecule has 1 fully saturated rings. The molecular weight excluding hydrogens is 339 g/mol. The van der Waals surface area contributed by atoms with Crippen molar-refractivity contribution in [2.75, 3.05) is 6.54 Å². The Hall–Kier alpha value is -1.72. The van der Waals surface area contributed by atoms with Crippen LogP contribution < -0.4 is 5.73 Å². The maximum Gasteiger partial charge on any atom is 0.405 e. The van der Waals surface area contributed by atoms with Crippen molar-refractivity contribution in [3.05, 3.63) is 34.4 Å². The SMILES string of the molecule is NC1CCC(C(F)(F)F)N(S(=O)(=O)c2ccccc2[N+](=O)[O-])C1. The van der Waals surface area contributed by atoms with Crippen LogP contribution in [0.3, 0.4) is 0 Å². The molecular formula is C12H14F3N3O4S. The van der Waals surface area contributed by atoms with Crippen LogP contribution in [0.1, 0.15) is 12.8 Å². The molecule has 0 aliphatic carbocycles. The second-order valence-corrected chi connectivity index (χ2v) is 7.05. The Kier molecular flexibility index (Phi) is 4.64. The van der Waals surface area contributed by atoms with Crippen molar-refractivity contribution in [2.45, 2.75) is 36.0 Å². The summed E-state index contributed by atoms with van der Waals surface area (Å²) >= 11 is 0. The summed E-state index contributed by atoms with van der Waals surface area (Å²) < 4.78 is 64.8. The van der Waals surface area contributed by atoms with Gasteiger partial charge in [-0.1, -0.05) is 12.1 Å². The Morgan fingerprint density at radius 3 is 2.43 bits per heavy atom. The van der Waals surface area contributed by atoms with Crippen molar-refractivity contribution in [2.24, 2.45) is 5.73 Å². The van der Waals surface area contributed by atoms with Crippen molar-refractivity contribution < 1.29 is 26.5 Å². The monoisotopic (exact) mass is 353 g/mol. The van der Waals surface area contributed by atoms with Crippen molar-refractivity contribution in [3.8, 4) is 0 Å². The van der Waals surface area contributed by atoms with Gasteiger partial charge in [0.1, 0.15) is 6.04 Å². The van der Waals surface area contributed by atoms with E-state index in [1.807, 2.05) is 0 Å². The summed E-state index contributed by atoms with van der Waals surface area (Å²) in [6.07, 6.45) is -5.24. The van der Waals surface area contributed by atoms with Gasteiger partial charge in [0.15, 0.2) is 4.90 Å². The van der Waals surface area contributed by atoms with Crippen LogP contribution in [0.5, 0.6) is 0 Å². The van der Waals surface area contributed by atoms with E-state index in [0.29, 0.717) is 0 Å². The summed E-state index contributed by atoms with van der Waals surface area (Å²) in [5.74, 6) is 0. The number of hydrogen-bond donors (Lipinski definition) is 1. The topological polar surface area (TPSA) is 107 Å². The van der Waals surface area contributed by atoms with Crippen LogP contribution in [0.25, 0.3) is 0 Å². The van der Waals surface area contributed by atoms with Crippen molar-refractivity contribution in [1.29, 1.82) is 0 Å². The van der Waals surface area contributed by atoms with Gasteiger partial charge in [0.2, 0.25) is 0 Å². The molecule has 2 unspecified atom stereocenters. The van der Waals surface area contributed by atoms with E-state index in [2.05, 4.69) is 0 Å². The first-order chi connectivity index (χ1) is 10.5. The minimum atomic E-state index is -4.78. The number of nitrogens with zero attached hydrogens (tertiary/aromatic N) is 2. The van der Waals surface area contributed by atoms with Gasteiger partial charge in [-0.05, 0) is 18.9 Å². The molecule has 2 atom stereocenters. The lowest BCUT2D eigenvalue weighted by Crippen LogP contribution is -2.56. The predicted molar refractivity (Wildman–Crippen MR) is 74.0 cm³/mol. The van der Waals surface area contributed by atoms with E-state index in [0.717, 1.165) is 12.1 Å². The summed E-state index contributed by atoms with van der Waals surface area (Å²) in [4.78, 5) is 9.25. The third kappa shape index (κ3) is 3.46. The quantitative estimate of drug-likeness (QED) is 0.657. The zero-order valence-electron chi connectivity index (χ0n) is 11.7. The molecule has 1 aromatic rings. The lowest BCUT2D eigenvalue weighted by Gasteiger charge is -2.38. The van der Waals surface area contributed by atoms with Gasteiger partial charge in [0.25, 0.3) is 15.7 Å². The molecule has 7 nitrogen and oxygen atoms in total. The average molecular weight is 353 g/mol. The van der Waals surface area contributed by atoms with Crippen LogP contribution in [0.15, 0.2) is 29.2 Å². The molecule has 1 saturated heterocycles. The van der Waals surface area contributed by atoms with Crippen LogP contribution >= 0.6 is 0 Å². The summed E-state index contributed by atoms with van der Waals surface area (Å²) in [6.45, 7) is -0.543. The van der Waals surface area contributed by atoms with Crippen LogP contribution in [-0.4, -0.2) is 42.5 Å². The summed E-state index contributed by atoms with van der Waals surface area (Å²) in [6, 6.07) is 1.30. The molecule has 2 N–H and O–H groups in total. The van der Waals surface area contributed by atoms with E-state index < -0.39 is 56.8 Å². The standard InChI is InChI=1S/C12H14F3N3O4S/c13-12(14,15)11-6-5-8(16)7-17(11)23(21,22)10-4-2-1-3-9(10)18(19)20/h1-4,8,11H,5-7,16H2. The highest BCUT2D eigenvalue weighted by molar-refractivity contribution is 7.89. The molecule has 1 heterocycles. The average Bonchev–Trinajstić information content (AvgIpc) is 2.45. The number of sulfonamides is 1. The maximum atomic E-state index is 13.1. The Labute approximate surface area is 130 Å². The molecule has 0 bridgehead atoms. The van der Waals surface area contributed by atoms with Gasteiger partial charge in [-0.3, -0.25) is 10.1 Å². The fourth-order valence-corrected chi connectivity index (χ4v) is 4.37. The Balaban J connectivity index is 2.54. The lowest BCUT2D eigenvalue weighted by atomic mass is 10.0. The first kappa shape index (κ1) is 17.6. The lowest BCUT2D eigenvalue weighted by molar-refractivity contribution is -0.387. The van der Waals surface area contributed by atoms with E-state index >= 15 is 0 Å². The molecule has 1 aliphatic heterocycles. The number of hydrogen-bond acceptors (Lipinski definition) is 5. The van der Waals surface area contributed by atoms with Crippen molar-refractivity contribution >= 4 is 15.7 Å². The summed E-state index contributed by atoms with van der Waals surface area (Å²) in [7, 11) is -4.71. The number of nitro benzene ring substituents is 1. The van der Waals surface area contributed by atoms with Crippen LogP contribution in [0, 0.1) is 10.1 Å². The number of halogens is 3. The summed E-state index contributed by atoms with van der Waals surface area (Å²) in [5.41, 5.74) is 4.83. The number of nitrogens with two attached hydrogens (primary N) is 1. The highest BCUT2D eigenvalue weighted by Crippen LogP contribution is 2.37. The van der Waals surface area contributed by atoms with E-state index in [4.69, 9.17) is 5.73 Å². The molecule has 0 radical (unpaired) electrons. The third-order valence-electron chi connectivity index (χ3n) is 3.60. The van der Waals surface area contributed by atoms with Crippen LogP contribution in [-0.2, 0) is 10.0 Å². The number of nitro groups is 1. The highest BCUT2D eigenvalue weighted by atomic mass is 32.2. The van der Waals surface area contributed by atoms with Gasteiger partial charge in [0.05, 0.1) is 4.92 Å². The minimum absolute atomic E-state index is 0.0209. The first-order valence-corrected chi connectivity index (χ1v) is 8.06. The first-order valence-electron chi connectivity index (χ1n) is 6.62. The van der Waals surface area contributed by atoms with Gasteiger partial charge in [-0.2, -0.15) is 17.5 Å². The second-order valence-electron chi connectivity index (χ2n) is 5.19. The second kappa shape index (κ2) is 6.06. The fourth-order valence-electron chi connectivity index (χ4n) is 2.51. The van der Waals surface area contributed by atoms with Gasteiger partial charge in [-0.15, -0.1) is 0 Å². The third-order valence-corrected chi connectivity index (χ3v) is 5.52. The van der Waals surface area contributed by atoms with E-state index in [-0.39, 0.29) is 10.7 Å². The molecule has 0 spiro atoms. The molecule has 23 heavy (non-hydrogen) atoms. The predicted octanol–water partition coefficient (Wildman–Crippen LogP) is 1.64. The van der Waals surface area contributed by atoms with Gasteiger partial charge in [-0.25, -0.2) is 8.42 Å². The minimum Gasteiger partial charge on any atom is -0.327 e. The van der Waals surface area contributed by atoms with Crippen molar-refractivity contribution in [3.63, 3.8) is 0 Å². The Morgan fingerprint density at radius 1 is 1.26 bits per heavy atom. The molecule has 1 aliphatic rings. The smallest absolute Gasteiger partial charge is 0.327 e. The maximum absolute atomic E-state index is 13.1. The molecule has 2 rings (SSSR count). The number of rotatable bonds is 3. The largest absolute Gasteiger partial charge is 0.405 e. The van der Waals surface area contributed by atoms with Crippen molar-refractivity contribution in [1.82, 2.24) is 4.31 Å².